The summed E-state index contributed by atoms with van der Waals surface area (Å²) in [7, 11) is 0. The monoisotopic (exact) mass is 382 g/mol. The summed E-state index contributed by atoms with van der Waals surface area (Å²) in [5.41, 5.74) is 1.26. The number of aromatic hydroxyl groups is 1. The number of aryl methyl sites for hydroxylation is 1. The van der Waals surface area contributed by atoms with Gasteiger partial charge in [0.1, 0.15) is 5.52 Å². The van der Waals surface area contributed by atoms with Crippen molar-refractivity contribution in [3.05, 3.63) is 58.2 Å². The number of hydrogen-bond acceptors (Lipinski definition) is 2. The Hall–Kier alpha value is -0.627. The average molecular weight is 384 g/mol. The van der Waals surface area contributed by atoms with E-state index in [4.69, 9.17) is 23.2 Å². The Morgan fingerprint density at radius 3 is 2.55 bits per heavy atom. The van der Waals surface area contributed by atoms with E-state index in [1.54, 1.807) is 0 Å². The van der Waals surface area contributed by atoms with Crippen molar-refractivity contribution >= 4 is 34.1 Å². The van der Waals surface area contributed by atoms with Crippen molar-refractivity contribution in [1.82, 2.24) is 4.98 Å². The van der Waals surface area contributed by atoms with Crippen LogP contribution in [0.3, 0.4) is 0 Å². The molecule has 1 aromatic carbocycles. The van der Waals surface area contributed by atoms with E-state index in [1.165, 1.54) is 6.07 Å². The van der Waals surface area contributed by atoms with Crippen LogP contribution in [0.5, 0.6) is 5.75 Å². The molecule has 0 atom stereocenters. The van der Waals surface area contributed by atoms with Crippen molar-refractivity contribution < 1.29 is 31.3 Å². The van der Waals surface area contributed by atoms with Gasteiger partial charge in [0.05, 0.1) is 10.0 Å². The summed E-state index contributed by atoms with van der Waals surface area (Å²) in [5, 5.41) is 11.1. The second-order valence-corrected chi connectivity index (χ2v) is 4.86. The molecule has 0 aliphatic heterocycles. The molecule has 2 aromatic rings. The van der Waals surface area contributed by atoms with Gasteiger partial charge in [0, 0.05) is 37.3 Å². The predicted molar refractivity (Wildman–Crippen MR) is 79.7 cm³/mol. The third kappa shape index (κ3) is 4.18. The number of benzene rings is 1. The van der Waals surface area contributed by atoms with Gasteiger partial charge in [-0.15, -0.1) is 6.42 Å². The quantitative estimate of drug-likeness (QED) is 0.658. The number of fused-ring (bicyclic) bond motifs is 1. The van der Waals surface area contributed by atoms with Gasteiger partial charge in [0.15, 0.2) is 5.75 Å². The van der Waals surface area contributed by atoms with Crippen LogP contribution in [0.25, 0.3) is 10.9 Å². The molecule has 1 aliphatic rings. The summed E-state index contributed by atoms with van der Waals surface area (Å²) in [6.07, 6.45) is 10.0. The third-order valence-electron chi connectivity index (χ3n) is 2.58. The van der Waals surface area contributed by atoms with E-state index in [9.17, 15) is 5.11 Å². The van der Waals surface area contributed by atoms with Crippen LogP contribution in [0.4, 0.5) is 0 Å². The topological polar surface area (TPSA) is 33.1 Å². The smallest absolute Gasteiger partial charge is 0.160 e. The van der Waals surface area contributed by atoms with E-state index in [0.29, 0.717) is 15.9 Å². The summed E-state index contributed by atoms with van der Waals surface area (Å²) < 4.78 is 0. The number of allylic oxidation sites excluding steroid dienone is 4. The summed E-state index contributed by atoms with van der Waals surface area (Å²) in [6, 6.07) is 5.16. The zero-order valence-corrected chi connectivity index (χ0v) is 14.8. The van der Waals surface area contributed by atoms with Crippen LogP contribution in [0.2, 0.25) is 10.0 Å². The van der Waals surface area contributed by atoms with Crippen molar-refractivity contribution in [1.29, 1.82) is 0 Å². The molecule has 1 N–H and O–H groups in total. The summed E-state index contributed by atoms with van der Waals surface area (Å²) >= 11 is 11.7. The average Bonchev–Trinajstić information content (AvgIpc) is 2.95. The Kier molecular flexibility index (Phi) is 6.95. The maximum absolute atomic E-state index is 9.65. The number of phenols is 1. The zero-order chi connectivity index (χ0) is 13.8. The standard InChI is InChI=1S/C10H7Cl2NO.C5H5.Zr/c1-5-2-3-6-7(11)4-8(12)10(14)9(6)13-5;1-2-4-5-3-1;/h2-4,14H,1H3;1-3H,4H2;/q;-1;. The molecule has 102 valence electrons. The minimum absolute atomic E-state index is 0. The zero-order valence-electron chi connectivity index (χ0n) is 10.8. The number of phenolic OH excluding ortho intramolecular Hbond substituents is 1. The molecule has 2 nitrogen and oxygen atoms in total. The molecule has 0 bridgehead atoms. The first-order valence-electron chi connectivity index (χ1n) is 5.75. The van der Waals surface area contributed by atoms with Crippen molar-refractivity contribution in [3.8, 4) is 5.75 Å². The van der Waals surface area contributed by atoms with Crippen molar-refractivity contribution in [2.75, 3.05) is 0 Å². The van der Waals surface area contributed by atoms with Gasteiger partial charge in [-0.2, -0.15) is 6.08 Å². The molecule has 3 rings (SSSR count). The molecule has 0 saturated heterocycles. The normalized spacial score (nSPS) is 11.9. The molecular weight excluding hydrogens is 372 g/mol. The van der Waals surface area contributed by atoms with E-state index >= 15 is 0 Å². The fourth-order valence-electron chi connectivity index (χ4n) is 1.64. The van der Waals surface area contributed by atoms with Crippen LogP contribution in [-0.4, -0.2) is 10.1 Å². The Labute approximate surface area is 147 Å². The minimum Gasteiger partial charge on any atom is -0.504 e. The molecule has 1 aliphatic carbocycles. The van der Waals surface area contributed by atoms with Crippen LogP contribution in [0.1, 0.15) is 12.1 Å². The molecule has 1 heterocycles. The molecular formula is C15H12Cl2NOZr-. The van der Waals surface area contributed by atoms with Crippen molar-refractivity contribution in [2.45, 2.75) is 13.3 Å². The van der Waals surface area contributed by atoms with Crippen LogP contribution < -0.4 is 0 Å². The first kappa shape index (κ1) is 17.4. The third-order valence-corrected chi connectivity index (χ3v) is 3.18. The number of hydrogen-bond donors (Lipinski definition) is 1. The number of halogens is 2. The second kappa shape index (κ2) is 7.97. The maximum Gasteiger partial charge on any atom is 0.160 e. The van der Waals surface area contributed by atoms with Gasteiger partial charge in [-0.25, -0.2) is 17.1 Å². The Morgan fingerprint density at radius 1 is 1.25 bits per heavy atom. The van der Waals surface area contributed by atoms with Crippen LogP contribution >= 0.6 is 23.2 Å². The van der Waals surface area contributed by atoms with Gasteiger partial charge in [-0.05, 0) is 25.1 Å². The van der Waals surface area contributed by atoms with Crippen LogP contribution in [0.15, 0.2) is 36.4 Å². The van der Waals surface area contributed by atoms with Gasteiger partial charge in [0.25, 0.3) is 0 Å². The predicted octanol–water partition coefficient (Wildman–Crippen LogP) is 4.86. The number of pyridine rings is 1. The first-order chi connectivity index (χ1) is 9.09. The summed E-state index contributed by atoms with van der Waals surface area (Å²) in [5.74, 6) is -0.0187. The fraction of sp³-hybridized carbons (Fsp3) is 0.133. The van der Waals surface area contributed by atoms with Crippen LogP contribution in [-0.2, 0) is 26.2 Å². The molecule has 1 aromatic heterocycles. The molecule has 0 unspecified atom stereocenters. The second-order valence-electron chi connectivity index (χ2n) is 4.04. The van der Waals surface area contributed by atoms with E-state index < -0.39 is 0 Å². The SMILES string of the molecule is Cc1ccc2c(Cl)cc(Cl)c(O)c2n1.[C-]1=CC=CC1.[Zr]. The summed E-state index contributed by atoms with van der Waals surface area (Å²) in [6.45, 7) is 1.84. The summed E-state index contributed by atoms with van der Waals surface area (Å²) in [4.78, 5) is 4.18. The van der Waals surface area contributed by atoms with Crippen molar-refractivity contribution in [2.24, 2.45) is 0 Å². The van der Waals surface area contributed by atoms with E-state index in [2.05, 4.69) is 17.1 Å². The largest absolute Gasteiger partial charge is 0.504 e. The Balaban J connectivity index is 0.000000283. The van der Waals surface area contributed by atoms with Crippen LogP contribution in [0, 0.1) is 13.0 Å². The van der Waals surface area contributed by atoms with Gasteiger partial charge >= 0.3 is 0 Å². The van der Waals surface area contributed by atoms with Gasteiger partial charge in [0.2, 0.25) is 0 Å². The maximum atomic E-state index is 9.65. The number of nitrogens with zero attached hydrogens (tertiary/aromatic N) is 1. The van der Waals surface area contributed by atoms with Gasteiger partial charge in [-0.1, -0.05) is 23.2 Å². The van der Waals surface area contributed by atoms with Gasteiger partial charge < -0.3 is 5.11 Å². The molecule has 0 amide bonds. The molecule has 0 fully saturated rings. The van der Waals surface area contributed by atoms with E-state index in [0.717, 1.165) is 12.1 Å². The first-order valence-corrected chi connectivity index (χ1v) is 6.51. The van der Waals surface area contributed by atoms with Crippen molar-refractivity contribution in [3.63, 3.8) is 0 Å². The Morgan fingerprint density at radius 2 is 2.00 bits per heavy atom. The molecule has 0 spiro atoms. The molecule has 0 saturated carbocycles. The van der Waals surface area contributed by atoms with Gasteiger partial charge in [-0.3, -0.25) is 6.08 Å². The number of aromatic nitrogens is 1. The molecule has 20 heavy (non-hydrogen) atoms. The Bertz CT molecular complexity index is 658. The number of rotatable bonds is 0. The molecule has 0 radical (unpaired) electrons. The van der Waals surface area contributed by atoms with E-state index in [1.807, 2.05) is 31.2 Å². The minimum atomic E-state index is -0.0187. The molecule has 5 heteroatoms. The fourth-order valence-corrected chi connectivity index (χ4v) is 2.16. The van der Waals surface area contributed by atoms with E-state index in [-0.39, 0.29) is 37.0 Å².